The third-order valence-electron chi connectivity index (χ3n) is 6.54. The fourth-order valence-corrected chi connectivity index (χ4v) is 4.25. The average Bonchev–Trinajstić information content (AvgIpc) is 2.92. The summed E-state index contributed by atoms with van der Waals surface area (Å²) in [7, 11) is 3.55. The van der Waals surface area contributed by atoms with Crippen LogP contribution in [-0.4, -0.2) is 33.2 Å². The van der Waals surface area contributed by atoms with E-state index in [0.29, 0.717) is 16.7 Å². The highest BCUT2D eigenvalue weighted by atomic mass is 16.6. The summed E-state index contributed by atoms with van der Waals surface area (Å²) in [6.07, 6.45) is 9.28. The van der Waals surface area contributed by atoms with E-state index in [4.69, 9.17) is 11.8 Å². The molecule has 0 bridgehead atoms. The number of hydrogen-bond acceptors (Lipinski definition) is 7. The van der Waals surface area contributed by atoms with Gasteiger partial charge in [-0.25, -0.2) is 4.98 Å². The van der Waals surface area contributed by atoms with Crippen molar-refractivity contribution in [2.45, 2.75) is 78.4 Å². The SMILES string of the molecule is C#[N+]OC(C)(C)C.CN(c1c(C#N)c(=O)n(C)c2ccc(C#N)nc12)C1CCCCC1.Cc1ccncc1C. The molecular weight excluding hydrogens is 490 g/mol. The molecule has 3 aromatic heterocycles. The molecule has 0 spiro atoms. The molecule has 1 fully saturated rings. The van der Waals surface area contributed by atoms with Crippen LogP contribution in [0.4, 0.5) is 5.69 Å². The fraction of sp³-hybridized carbons (Fsp3) is 0.467. The Morgan fingerprint density at radius 2 is 1.77 bits per heavy atom. The Hall–Kier alpha value is -4.42. The minimum Gasteiger partial charge on any atom is -0.369 e. The van der Waals surface area contributed by atoms with Crippen LogP contribution in [0.15, 0.2) is 35.4 Å². The molecular formula is C30H38N7O2+. The summed E-state index contributed by atoms with van der Waals surface area (Å²) in [6.45, 7) is 14.5. The van der Waals surface area contributed by atoms with Gasteiger partial charge < -0.3 is 9.47 Å². The van der Waals surface area contributed by atoms with Crippen LogP contribution in [0.5, 0.6) is 0 Å². The lowest BCUT2D eigenvalue weighted by molar-refractivity contribution is 0.0725. The summed E-state index contributed by atoms with van der Waals surface area (Å²) >= 11 is 0. The smallest absolute Gasteiger partial charge is 0.335 e. The number of hydrogen-bond donors (Lipinski definition) is 0. The first-order chi connectivity index (χ1) is 18.4. The zero-order chi connectivity index (χ0) is 29.2. The zero-order valence-corrected chi connectivity index (χ0v) is 24.0. The Morgan fingerprint density at radius 3 is 2.23 bits per heavy atom. The number of aromatic nitrogens is 3. The van der Waals surface area contributed by atoms with Gasteiger partial charge in [0.05, 0.1) is 11.2 Å². The minimum atomic E-state index is -0.325. The van der Waals surface area contributed by atoms with Gasteiger partial charge in [0.2, 0.25) is 5.01 Å². The first-order valence-electron chi connectivity index (χ1n) is 13.0. The minimum absolute atomic E-state index is 0.0978. The van der Waals surface area contributed by atoms with Crippen molar-refractivity contribution < 1.29 is 4.84 Å². The number of nitrogens with zero attached hydrogens (tertiary/aromatic N) is 7. The number of aryl methyl sites for hydroxylation is 3. The van der Waals surface area contributed by atoms with Crippen molar-refractivity contribution in [1.29, 1.82) is 10.5 Å². The number of pyridine rings is 3. The van der Waals surface area contributed by atoms with Crippen LogP contribution < -0.4 is 10.5 Å². The predicted molar refractivity (Wildman–Crippen MR) is 155 cm³/mol. The van der Waals surface area contributed by atoms with Gasteiger partial charge in [-0.15, -0.1) is 0 Å². The van der Waals surface area contributed by atoms with Crippen molar-refractivity contribution in [2.24, 2.45) is 7.05 Å². The van der Waals surface area contributed by atoms with Gasteiger partial charge in [-0.2, -0.15) is 15.4 Å². The van der Waals surface area contributed by atoms with E-state index in [1.165, 1.54) is 22.1 Å². The summed E-state index contributed by atoms with van der Waals surface area (Å²) in [5.74, 6) is 0. The molecule has 204 valence electrons. The van der Waals surface area contributed by atoms with Gasteiger partial charge in [0.1, 0.15) is 28.9 Å². The van der Waals surface area contributed by atoms with Gasteiger partial charge in [-0.3, -0.25) is 9.78 Å². The standard InChI is InChI=1S/C18H19N5O.C7H9N.C5H10NO/c1-22(13-6-4-3-5-7-13)17-14(11-20)18(24)23(2)15-9-8-12(10-19)21-16(15)17;1-6-3-4-8-5-7(6)2;1-5(2,3)7-6-4/h8-9,13H,3-7H2,1-2H3;3-5H,1-2H3;4H,1-3H3/q;;+1. The molecule has 0 aliphatic heterocycles. The summed E-state index contributed by atoms with van der Waals surface area (Å²) < 4.78 is 1.43. The van der Waals surface area contributed by atoms with Gasteiger partial charge >= 0.3 is 6.57 Å². The molecule has 0 radical (unpaired) electrons. The van der Waals surface area contributed by atoms with Crippen LogP contribution in [0.25, 0.3) is 16.0 Å². The number of rotatable bonds is 2. The van der Waals surface area contributed by atoms with E-state index in [0.717, 1.165) is 25.7 Å². The van der Waals surface area contributed by atoms with Crippen LogP contribution in [0.2, 0.25) is 0 Å². The number of nitriles is 2. The van der Waals surface area contributed by atoms with E-state index >= 15 is 0 Å². The lowest BCUT2D eigenvalue weighted by atomic mass is 9.93. The summed E-state index contributed by atoms with van der Waals surface area (Å²) in [4.78, 5) is 27.6. The zero-order valence-electron chi connectivity index (χ0n) is 24.0. The molecule has 4 rings (SSSR count). The van der Waals surface area contributed by atoms with Crippen molar-refractivity contribution in [3.05, 3.63) is 68.3 Å². The molecule has 0 unspecified atom stereocenters. The predicted octanol–water partition coefficient (Wildman–Crippen LogP) is 5.82. The molecule has 0 saturated heterocycles. The molecule has 0 N–H and O–H groups in total. The van der Waals surface area contributed by atoms with E-state index in [1.54, 1.807) is 19.2 Å². The average molecular weight is 529 g/mol. The first kappa shape index (κ1) is 30.8. The number of anilines is 1. The monoisotopic (exact) mass is 528 g/mol. The molecule has 1 aliphatic carbocycles. The van der Waals surface area contributed by atoms with Crippen LogP contribution >= 0.6 is 0 Å². The van der Waals surface area contributed by atoms with Gasteiger partial charge in [0.15, 0.2) is 5.60 Å². The Bertz CT molecular complexity index is 1440. The third-order valence-corrected chi connectivity index (χ3v) is 6.54. The highest BCUT2D eigenvalue weighted by Crippen LogP contribution is 2.32. The molecule has 3 heterocycles. The van der Waals surface area contributed by atoms with Crippen molar-refractivity contribution in [1.82, 2.24) is 14.5 Å². The molecule has 1 saturated carbocycles. The Morgan fingerprint density at radius 1 is 1.10 bits per heavy atom. The molecule has 9 nitrogen and oxygen atoms in total. The second-order valence-corrected chi connectivity index (χ2v) is 10.5. The molecule has 1 aliphatic rings. The van der Waals surface area contributed by atoms with Crippen LogP contribution in [0.1, 0.15) is 75.3 Å². The van der Waals surface area contributed by atoms with Gasteiger partial charge in [-0.1, -0.05) is 19.3 Å². The van der Waals surface area contributed by atoms with E-state index in [-0.39, 0.29) is 28.5 Å². The molecule has 0 aromatic carbocycles. The van der Waals surface area contributed by atoms with E-state index in [2.05, 4.69) is 39.7 Å². The molecule has 39 heavy (non-hydrogen) atoms. The van der Waals surface area contributed by atoms with Crippen LogP contribution in [0.3, 0.4) is 0 Å². The van der Waals surface area contributed by atoms with Crippen molar-refractivity contribution in [3.8, 4) is 18.7 Å². The fourth-order valence-electron chi connectivity index (χ4n) is 4.25. The lowest BCUT2D eigenvalue weighted by Gasteiger charge is -2.33. The van der Waals surface area contributed by atoms with E-state index in [1.807, 2.05) is 57.2 Å². The Labute approximate surface area is 231 Å². The second kappa shape index (κ2) is 13.9. The van der Waals surface area contributed by atoms with Gasteiger partial charge in [0.25, 0.3) is 5.56 Å². The van der Waals surface area contributed by atoms with Gasteiger partial charge in [-0.05, 0) is 76.8 Å². The lowest BCUT2D eigenvalue weighted by Crippen LogP contribution is -2.36. The highest BCUT2D eigenvalue weighted by Gasteiger charge is 2.25. The largest absolute Gasteiger partial charge is 0.369 e. The third kappa shape index (κ3) is 8.28. The topological polar surface area (TPSA) is 112 Å². The van der Waals surface area contributed by atoms with Crippen molar-refractivity contribution >= 4 is 16.7 Å². The molecule has 0 amide bonds. The normalized spacial score (nSPS) is 12.9. The molecule has 9 heteroatoms. The second-order valence-electron chi connectivity index (χ2n) is 10.5. The Balaban J connectivity index is 0.000000291. The summed E-state index contributed by atoms with van der Waals surface area (Å²) in [5, 5.41) is 21.7. The summed E-state index contributed by atoms with van der Waals surface area (Å²) in [5.41, 5.74) is 4.11. The highest BCUT2D eigenvalue weighted by molar-refractivity contribution is 5.92. The van der Waals surface area contributed by atoms with Gasteiger partial charge in [0, 0.05) is 32.5 Å². The maximum Gasteiger partial charge on any atom is 0.335 e. The van der Waals surface area contributed by atoms with Crippen molar-refractivity contribution in [2.75, 3.05) is 11.9 Å². The molecule has 3 aromatic rings. The Kier molecular flexibility index (Phi) is 11.0. The van der Waals surface area contributed by atoms with Crippen molar-refractivity contribution in [3.63, 3.8) is 0 Å². The van der Waals surface area contributed by atoms with Crippen LogP contribution in [0, 0.1) is 43.1 Å². The maximum absolute atomic E-state index is 12.6. The summed E-state index contributed by atoms with van der Waals surface area (Å²) in [6, 6.07) is 9.71. The number of fused-ring (bicyclic) bond motifs is 1. The maximum atomic E-state index is 12.6. The van der Waals surface area contributed by atoms with Crippen LogP contribution in [-0.2, 0) is 11.9 Å². The molecule has 0 atom stereocenters. The first-order valence-corrected chi connectivity index (χ1v) is 13.0. The van der Waals surface area contributed by atoms with E-state index < -0.39 is 0 Å². The quantitative estimate of drug-likeness (QED) is 0.385. The van der Waals surface area contributed by atoms with E-state index in [9.17, 15) is 10.1 Å².